The fourth-order valence-electron chi connectivity index (χ4n) is 3.10. The molecule has 0 bridgehead atoms. The van der Waals surface area contributed by atoms with Gasteiger partial charge >= 0.3 is 0 Å². The van der Waals surface area contributed by atoms with Crippen LogP contribution in [0.1, 0.15) is 24.5 Å². The highest BCUT2D eigenvalue weighted by molar-refractivity contribution is 5.96. The number of methoxy groups -OCH3 is 1. The number of amides is 1. The predicted molar refractivity (Wildman–Crippen MR) is 88.4 cm³/mol. The average molecular weight is 313 g/mol. The van der Waals surface area contributed by atoms with Crippen LogP contribution in [-0.4, -0.2) is 19.1 Å². The van der Waals surface area contributed by atoms with Gasteiger partial charge in [-0.15, -0.1) is 0 Å². The summed E-state index contributed by atoms with van der Waals surface area (Å²) in [6.45, 7) is 2.04. The largest absolute Gasteiger partial charge is 0.497 e. The lowest BCUT2D eigenvalue weighted by Gasteiger charge is -2.35. The van der Waals surface area contributed by atoms with Crippen LogP contribution in [0.15, 0.2) is 42.5 Å². The summed E-state index contributed by atoms with van der Waals surface area (Å²) >= 11 is 0. The monoisotopic (exact) mass is 313 g/mol. The van der Waals surface area contributed by atoms with Crippen LogP contribution in [0, 0.1) is 5.82 Å². The molecule has 1 amide bonds. The third-order valence-electron chi connectivity index (χ3n) is 4.36. The Kier molecular flexibility index (Phi) is 4.33. The van der Waals surface area contributed by atoms with Gasteiger partial charge in [-0.25, -0.2) is 4.39 Å². The third-order valence-corrected chi connectivity index (χ3v) is 4.36. The maximum atomic E-state index is 13.4. The van der Waals surface area contributed by atoms with Crippen molar-refractivity contribution in [1.82, 2.24) is 0 Å². The van der Waals surface area contributed by atoms with E-state index in [1.807, 2.05) is 36.1 Å². The lowest BCUT2D eigenvalue weighted by molar-refractivity contribution is -0.118. The molecule has 1 aliphatic heterocycles. The maximum Gasteiger partial charge on any atom is 0.231 e. The van der Waals surface area contributed by atoms with Crippen molar-refractivity contribution in [3.63, 3.8) is 0 Å². The van der Waals surface area contributed by atoms with Crippen LogP contribution in [0.3, 0.4) is 0 Å². The van der Waals surface area contributed by atoms with E-state index in [2.05, 4.69) is 0 Å². The molecule has 2 aromatic carbocycles. The molecule has 3 rings (SSSR count). The second-order valence-electron chi connectivity index (χ2n) is 5.95. The van der Waals surface area contributed by atoms with Gasteiger partial charge in [-0.2, -0.15) is 0 Å². The molecule has 0 saturated heterocycles. The zero-order valence-corrected chi connectivity index (χ0v) is 13.4. The first kappa shape index (κ1) is 15.5. The highest BCUT2D eigenvalue weighted by Gasteiger charge is 2.28. The molecule has 23 heavy (non-hydrogen) atoms. The standard InChI is InChI=1S/C19H20FNO2/c1-13-3-6-15-12-16(20)7-10-18(15)21(13)19(22)11-14-4-8-17(23-2)9-5-14/h4-5,7-10,12-13H,3,6,11H2,1-2H3. The minimum absolute atomic E-state index is 0.0372. The number of anilines is 1. The Labute approximate surface area is 135 Å². The second kappa shape index (κ2) is 6.41. The second-order valence-corrected chi connectivity index (χ2v) is 5.95. The molecule has 3 nitrogen and oxygen atoms in total. The first-order valence-corrected chi connectivity index (χ1v) is 7.82. The van der Waals surface area contributed by atoms with Crippen molar-refractivity contribution < 1.29 is 13.9 Å². The number of hydrogen-bond acceptors (Lipinski definition) is 2. The topological polar surface area (TPSA) is 29.5 Å². The number of hydrogen-bond donors (Lipinski definition) is 0. The summed E-state index contributed by atoms with van der Waals surface area (Å²) in [7, 11) is 1.62. The Balaban J connectivity index is 1.83. The number of carbonyl (C=O) groups is 1. The Hall–Kier alpha value is -2.36. The van der Waals surface area contributed by atoms with E-state index in [0.29, 0.717) is 6.42 Å². The fraction of sp³-hybridized carbons (Fsp3) is 0.316. The first-order valence-electron chi connectivity index (χ1n) is 7.82. The molecule has 2 aromatic rings. The van der Waals surface area contributed by atoms with Crippen molar-refractivity contribution in [2.45, 2.75) is 32.2 Å². The molecule has 4 heteroatoms. The third kappa shape index (κ3) is 3.21. The Morgan fingerprint density at radius 3 is 2.70 bits per heavy atom. The molecule has 0 N–H and O–H groups in total. The van der Waals surface area contributed by atoms with E-state index in [1.54, 1.807) is 13.2 Å². The predicted octanol–water partition coefficient (Wildman–Crippen LogP) is 3.74. The van der Waals surface area contributed by atoms with Crippen LogP contribution in [0.4, 0.5) is 10.1 Å². The van der Waals surface area contributed by atoms with Crippen molar-refractivity contribution in [3.8, 4) is 5.75 Å². The maximum absolute atomic E-state index is 13.4. The summed E-state index contributed by atoms with van der Waals surface area (Å²) in [6.07, 6.45) is 1.98. The molecule has 0 fully saturated rings. The van der Waals surface area contributed by atoms with Crippen molar-refractivity contribution in [3.05, 3.63) is 59.4 Å². The van der Waals surface area contributed by atoms with Gasteiger partial charge in [-0.3, -0.25) is 4.79 Å². The molecule has 0 spiro atoms. The van der Waals surface area contributed by atoms with Gasteiger partial charge in [0.15, 0.2) is 0 Å². The van der Waals surface area contributed by atoms with Gasteiger partial charge in [-0.05, 0) is 61.2 Å². The Bertz CT molecular complexity index is 712. The lowest BCUT2D eigenvalue weighted by atomic mass is 9.95. The van der Waals surface area contributed by atoms with Gasteiger partial charge in [0.2, 0.25) is 5.91 Å². The number of carbonyl (C=O) groups excluding carboxylic acids is 1. The number of benzene rings is 2. The van der Waals surface area contributed by atoms with Crippen molar-refractivity contribution >= 4 is 11.6 Å². The Morgan fingerprint density at radius 1 is 1.26 bits per heavy atom. The van der Waals surface area contributed by atoms with Crippen molar-refractivity contribution in [2.75, 3.05) is 12.0 Å². The summed E-state index contributed by atoms with van der Waals surface area (Å²) in [6, 6.07) is 12.3. The van der Waals surface area contributed by atoms with E-state index in [1.165, 1.54) is 12.1 Å². The van der Waals surface area contributed by atoms with E-state index in [0.717, 1.165) is 35.4 Å². The van der Waals surface area contributed by atoms with Gasteiger partial charge in [-0.1, -0.05) is 12.1 Å². The van der Waals surface area contributed by atoms with Crippen LogP contribution >= 0.6 is 0 Å². The number of rotatable bonds is 3. The molecule has 1 unspecified atom stereocenters. The number of ether oxygens (including phenoxy) is 1. The number of fused-ring (bicyclic) bond motifs is 1. The SMILES string of the molecule is COc1ccc(CC(=O)N2c3ccc(F)cc3CCC2C)cc1. The molecular weight excluding hydrogens is 293 g/mol. The molecular formula is C19H20FNO2. The zero-order chi connectivity index (χ0) is 16.4. The van der Waals surface area contributed by atoms with Gasteiger partial charge in [0.05, 0.1) is 13.5 Å². The number of aryl methyl sites for hydroxylation is 1. The molecule has 0 aromatic heterocycles. The smallest absolute Gasteiger partial charge is 0.231 e. The normalized spacial score (nSPS) is 16.8. The first-order chi connectivity index (χ1) is 11.1. The summed E-state index contributed by atoms with van der Waals surface area (Å²) in [5.41, 5.74) is 2.69. The molecule has 0 aliphatic carbocycles. The van der Waals surface area contributed by atoms with Crippen LogP contribution in [0.25, 0.3) is 0 Å². The zero-order valence-electron chi connectivity index (χ0n) is 13.4. The van der Waals surface area contributed by atoms with Crippen molar-refractivity contribution in [1.29, 1.82) is 0 Å². The molecule has 1 atom stereocenters. The Morgan fingerprint density at radius 2 is 2.00 bits per heavy atom. The summed E-state index contributed by atoms with van der Waals surface area (Å²) in [5, 5.41) is 0. The quantitative estimate of drug-likeness (QED) is 0.864. The van der Waals surface area contributed by atoms with E-state index in [4.69, 9.17) is 4.74 Å². The molecule has 0 radical (unpaired) electrons. The fourth-order valence-corrected chi connectivity index (χ4v) is 3.10. The van der Waals surface area contributed by atoms with Crippen LogP contribution < -0.4 is 9.64 Å². The van der Waals surface area contributed by atoms with Crippen LogP contribution in [-0.2, 0) is 17.6 Å². The van der Waals surface area contributed by atoms with E-state index in [-0.39, 0.29) is 17.8 Å². The average Bonchev–Trinajstić information content (AvgIpc) is 2.55. The van der Waals surface area contributed by atoms with E-state index in [9.17, 15) is 9.18 Å². The highest BCUT2D eigenvalue weighted by Crippen LogP contribution is 2.31. The molecule has 0 saturated carbocycles. The summed E-state index contributed by atoms with van der Waals surface area (Å²) < 4.78 is 18.6. The van der Waals surface area contributed by atoms with Crippen molar-refractivity contribution in [2.24, 2.45) is 0 Å². The highest BCUT2D eigenvalue weighted by atomic mass is 19.1. The van der Waals surface area contributed by atoms with Gasteiger partial charge in [0.25, 0.3) is 0 Å². The lowest BCUT2D eigenvalue weighted by Crippen LogP contribution is -2.43. The van der Waals surface area contributed by atoms with Crippen LogP contribution in [0.5, 0.6) is 5.75 Å². The number of nitrogens with zero attached hydrogens (tertiary/aromatic N) is 1. The van der Waals surface area contributed by atoms with Crippen LogP contribution in [0.2, 0.25) is 0 Å². The molecule has 1 heterocycles. The van der Waals surface area contributed by atoms with E-state index < -0.39 is 0 Å². The molecule has 1 aliphatic rings. The van der Waals surface area contributed by atoms with E-state index >= 15 is 0 Å². The summed E-state index contributed by atoms with van der Waals surface area (Å²) in [5.74, 6) is 0.560. The summed E-state index contributed by atoms with van der Waals surface area (Å²) in [4.78, 5) is 14.6. The molecule has 120 valence electrons. The number of halogens is 1. The minimum Gasteiger partial charge on any atom is -0.497 e. The minimum atomic E-state index is -0.249. The van der Waals surface area contributed by atoms with Gasteiger partial charge < -0.3 is 9.64 Å². The van der Waals surface area contributed by atoms with Gasteiger partial charge in [0, 0.05) is 11.7 Å². The van der Waals surface area contributed by atoms with Gasteiger partial charge in [0.1, 0.15) is 11.6 Å².